The van der Waals surface area contributed by atoms with Crippen molar-refractivity contribution in [2.75, 3.05) is 14.2 Å². The Kier molecular flexibility index (Phi) is 5.98. The summed E-state index contributed by atoms with van der Waals surface area (Å²) in [6, 6.07) is 16.5. The molecule has 3 rings (SSSR count). The van der Waals surface area contributed by atoms with E-state index in [1.54, 1.807) is 41.5 Å². The van der Waals surface area contributed by atoms with Crippen LogP contribution in [0.4, 0.5) is 0 Å². The lowest BCUT2D eigenvalue weighted by Gasteiger charge is -2.24. The van der Waals surface area contributed by atoms with E-state index in [0.717, 1.165) is 16.2 Å². The number of para-hydroxylation sites is 2. The lowest BCUT2D eigenvalue weighted by Crippen LogP contribution is -2.30. The molecule has 0 fully saturated rings. The Bertz CT molecular complexity index is 908. The van der Waals surface area contributed by atoms with Gasteiger partial charge < -0.3 is 19.5 Å². The molecule has 1 heterocycles. The van der Waals surface area contributed by atoms with Gasteiger partial charge in [-0.05, 0) is 29.6 Å². The standard InChI is InChI=1S/C21H21NO4S/c1-25-18-10-4-3-7-15(18)13-22(14-16-8-6-12-27-16)21(24)17-9-5-11-19(26-2)20(17)23/h3-12,23H,13-14H2,1-2H3. The molecule has 0 radical (unpaired) electrons. The smallest absolute Gasteiger partial charge is 0.258 e. The van der Waals surface area contributed by atoms with Crippen LogP contribution in [0.1, 0.15) is 20.8 Å². The summed E-state index contributed by atoms with van der Waals surface area (Å²) in [6.45, 7) is 0.794. The van der Waals surface area contributed by atoms with E-state index in [2.05, 4.69) is 0 Å². The first kappa shape index (κ1) is 18.8. The zero-order valence-corrected chi connectivity index (χ0v) is 16.0. The van der Waals surface area contributed by atoms with Crippen LogP contribution in [0, 0.1) is 0 Å². The Balaban J connectivity index is 1.95. The van der Waals surface area contributed by atoms with Crippen LogP contribution in [-0.4, -0.2) is 30.1 Å². The fourth-order valence-corrected chi connectivity index (χ4v) is 3.58. The van der Waals surface area contributed by atoms with Gasteiger partial charge in [0.1, 0.15) is 5.75 Å². The lowest BCUT2D eigenvalue weighted by atomic mass is 10.1. The monoisotopic (exact) mass is 383 g/mol. The Morgan fingerprint density at radius 1 is 0.963 bits per heavy atom. The van der Waals surface area contributed by atoms with Gasteiger partial charge in [0, 0.05) is 10.4 Å². The topological polar surface area (TPSA) is 59.0 Å². The molecule has 2 aromatic carbocycles. The molecule has 27 heavy (non-hydrogen) atoms. The average Bonchev–Trinajstić information content (AvgIpc) is 3.20. The number of hydrogen-bond donors (Lipinski definition) is 1. The second kappa shape index (κ2) is 8.60. The van der Waals surface area contributed by atoms with E-state index < -0.39 is 0 Å². The number of amides is 1. The van der Waals surface area contributed by atoms with Crippen molar-refractivity contribution in [1.82, 2.24) is 4.90 Å². The van der Waals surface area contributed by atoms with E-state index in [1.165, 1.54) is 7.11 Å². The third-order valence-electron chi connectivity index (χ3n) is 4.22. The third-order valence-corrected chi connectivity index (χ3v) is 5.08. The number of phenolic OH excluding ortho intramolecular Hbond substituents is 1. The minimum absolute atomic E-state index is 0.152. The Hall–Kier alpha value is -2.99. The Morgan fingerprint density at radius 2 is 1.70 bits per heavy atom. The van der Waals surface area contributed by atoms with Crippen molar-refractivity contribution in [2.45, 2.75) is 13.1 Å². The molecule has 0 aliphatic carbocycles. The molecule has 0 unspecified atom stereocenters. The molecule has 3 aromatic rings. The van der Waals surface area contributed by atoms with Crippen LogP contribution >= 0.6 is 11.3 Å². The first-order chi connectivity index (χ1) is 13.1. The summed E-state index contributed by atoms with van der Waals surface area (Å²) in [5.74, 6) is 0.567. The molecule has 0 aliphatic rings. The number of ether oxygens (including phenoxy) is 2. The predicted molar refractivity (Wildman–Crippen MR) is 106 cm³/mol. The number of thiophene rings is 1. The molecule has 0 aliphatic heterocycles. The van der Waals surface area contributed by atoms with E-state index in [1.807, 2.05) is 41.8 Å². The zero-order chi connectivity index (χ0) is 19.2. The second-order valence-electron chi connectivity index (χ2n) is 5.91. The number of rotatable bonds is 7. The van der Waals surface area contributed by atoms with Crippen molar-refractivity contribution in [1.29, 1.82) is 0 Å². The number of carbonyl (C=O) groups excluding carboxylic acids is 1. The number of benzene rings is 2. The van der Waals surface area contributed by atoms with Crippen molar-refractivity contribution in [3.63, 3.8) is 0 Å². The van der Waals surface area contributed by atoms with Crippen molar-refractivity contribution < 1.29 is 19.4 Å². The molecule has 0 saturated carbocycles. The maximum absolute atomic E-state index is 13.2. The minimum atomic E-state index is -0.272. The van der Waals surface area contributed by atoms with Gasteiger partial charge in [0.2, 0.25) is 0 Å². The molecule has 0 bridgehead atoms. The molecular weight excluding hydrogens is 362 g/mol. The highest BCUT2D eigenvalue weighted by molar-refractivity contribution is 7.09. The maximum atomic E-state index is 13.2. The maximum Gasteiger partial charge on any atom is 0.258 e. The van der Waals surface area contributed by atoms with Gasteiger partial charge in [0.15, 0.2) is 11.5 Å². The van der Waals surface area contributed by atoms with Gasteiger partial charge in [-0.25, -0.2) is 0 Å². The normalized spacial score (nSPS) is 10.4. The van der Waals surface area contributed by atoms with E-state index in [0.29, 0.717) is 13.1 Å². The van der Waals surface area contributed by atoms with Crippen LogP contribution < -0.4 is 9.47 Å². The molecule has 0 saturated heterocycles. The van der Waals surface area contributed by atoms with Gasteiger partial charge in [-0.2, -0.15) is 0 Å². The fourth-order valence-electron chi connectivity index (χ4n) is 2.86. The molecule has 140 valence electrons. The summed E-state index contributed by atoms with van der Waals surface area (Å²) in [7, 11) is 3.07. The summed E-state index contributed by atoms with van der Waals surface area (Å²) in [6.07, 6.45) is 0. The zero-order valence-electron chi connectivity index (χ0n) is 15.2. The van der Waals surface area contributed by atoms with Crippen molar-refractivity contribution in [3.8, 4) is 17.2 Å². The highest BCUT2D eigenvalue weighted by atomic mass is 32.1. The van der Waals surface area contributed by atoms with Crippen LogP contribution in [0.25, 0.3) is 0 Å². The number of methoxy groups -OCH3 is 2. The van der Waals surface area contributed by atoms with Crippen molar-refractivity contribution in [3.05, 3.63) is 76.0 Å². The van der Waals surface area contributed by atoms with Crippen LogP contribution in [0.15, 0.2) is 60.0 Å². The quantitative estimate of drug-likeness (QED) is 0.660. The first-order valence-corrected chi connectivity index (χ1v) is 9.31. The molecule has 0 spiro atoms. The highest BCUT2D eigenvalue weighted by Gasteiger charge is 2.23. The predicted octanol–water partition coefficient (Wildman–Crippen LogP) is 4.31. The molecule has 0 atom stereocenters. The number of hydrogen-bond acceptors (Lipinski definition) is 5. The number of carbonyl (C=O) groups is 1. The molecule has 1 N–H and O–H groups in total. The largest absolute Gasteiger partial charge is 0.504 e. The Morgan fingerprint density at radius 3 is 2.41 bits per heavy atom. The third kappa shape index (κ3) is 4.23. The van der Waals surface area contributed by atoms with Crippen molar-refractivity contribution >= 4 is 17.2 Å². The summed E-state index contributed by atoms with van der Waals surface area (Å²) >= 11 is 1.58. The van der Waals surface area contributed by atoms with Gasteiger partial charge in [-0.15, -0.1) is 11.3 Å². The van der Waals surface area contributed by atoms with E-state index >= 15 is 0 Å². The number of aromatic hydroxyl groups is 1. The van der Waals surface area contributed by atoms with Gasteiger partial charge in [-0.1, -0.05) is 30.3 Å². The average molecular weight is 383 g/mol. The van der Waals surface area contributed by atoms with Crippen LogP contribution in [0.5, 0.6) is 17.2 Å². The molecular formula is C21H21NO4S. The SMILES string of the molecule is COc1ccccc1CN(Cc1cccs1)C(=O)c1cccc(OC)c1O. The van der Waals surface area contributed by atoms with Crippen LogP contribution in [0.3, 0.4) is 0 Å². The molecule has 1 aromatic heterocycles. The number of phenols is 1. The van der Waals surface area contributed by atoms with Crippen molar-refractivity contribution in [2.24, 2.45) is 0 Å². The van der Waals surface area contributed by atoms with Crippen LogP contribution in [-0.2, 0) is 13.1 Å². The van der Waals surface area contributed by atoms with E-state index in [9.17, 15) is 9.90 Å². The summed E-state index contributed by atoms with van der Waals surface area (Å²) in [4.78, 5) is 16.0. The van der Waals surface area contributed by atoms with Gasteiger partial charge in [-0.3, -0.25) is 4.79 Å². The summed E-state index contributed by atoms with van der Waals surface area (Å²) in [5.41, 5.74) is 1.10. The van der Waals surface area contributed by atoms with Gasteiger partial charge in [0.05, 0.1) is 32.9 Å². The number of nitrogens with zero attached hydrogens (tertiary/aromatic N) is 1. The van der Waals surface area contributed by atoms with Gasteiger partial charge in [0.25, 0.3) is 5.91 Å². The fraction of sp³-hybridized carbons (Fsp3) is 0.190. The lowest BCUT2D eigenvalue weighted by molar-refractivity contribution is 0.0727. The van der Waals surface area contributed by atoms with Gasteiger partial charge >= 0.3 is 0 Å². The summed E-state index contributed by atoms with van der Waals surface area (Å²) < 4.78 is 10.6. The molecule has 6 heteroatoms. The summed E-state index contributed by atoms with van der Waals surface area (Å²) in [5, 5.41) is 12.4. The second-order valence-corrected chi connectivity index (χ2v) is 6.94. The van der Waals surface area contributed by atoms with E-state index in [4.69, 9.17) is 9.47 Å². The molecule has 5 nitrogen and oxygen atoms in total. The van der Waals surface area contributed by atoms with E-state index in [-0.39, 0.29) is 23.0 Å². The first-order valence-electron chi connectivity index (χ1n) is 8.43. The Labute approximate surface area is 162 Å². The minimum Gasteiger partial charge on any atom is -0.504 e. The van der Waals surface area contributed by atoms with Crippen LogP contribution in [0.2, 0.25) is 0 Å². The highest BCUT2D eigenvalue weighted by Crippen LogP contribution is 2.31. The molecule has 1 amide bonds.